The van der Waals surface area contributed by atoms with Gasteiger partial charge in [0.2, 0.25) is 5.91 Å². The highest BCUT2D eigenvalue weighted by Gasteiger charge is 2.19. The Labute approximate surface area is 128 Å². The number of nitrogens with one attached hydrogen (secondary N) is 1. The van der Waals surface area contributed by atoms with Crippen molar-refractivity contribution in [1.82, 2.24) is 5.32 Å². The monoisotopic (exact) mass is 313 g/mol. The molecule has 2 N–H and O–H groups in total. The predicted octanol–water partition coefficient (Wildman–Crippen LogP) is 2.92. The van der Waals surface area contributed by atoms with Crippen molar-refractivity contribution in [1.29, 1.82) is 0 Å². The molecule has 0 fully saturated rings. The first-order valence-electron chi connectivity index (χ1n) is 6.78. The lowest BCUT2D eigenvalue weighted by atomic mass is 10.0. The fraction of sp³-hybridized carbons (Fsp3) is 0.467. The number of benzene rings is 1. The van der Waals surface area contributed by atoms with E-state index in [2.05, 4.69) is 5.32 Å². The zero-order valence-corrected chi connectivity index (χ0v) is 13.0. The van der Waals surface area contributed by atoms with E-state index in [9.17, 15) is 14.0 Å². The summed E-state index contributed by atoms with van der Waals surface area (Å²) in [5.41, 5.74) is 0. The van der Waals surface area contributed by atoms with E-state index < -0.39 is 5.97 Å². The largest absolute Gasteiger partial charge is 0.481 e. The second-order valence-electron chi connectivity index (χ2n) is 5.07. The lowest BCUT2D eigenvalue weighted by molar-refractivity contribution is -0.138. The molecular formula is C15H20FNO3S. The maximum atomic E-state index is 12.7. The van der Waals surface area contributed by atoms with E-state index in [4.69, 9.17) is 5.11 Å². The van der Waals surface area contributed by atoms with E-state index in [1.54, 1.807) is 12.1 Å². The van der Waals surface area contributed by atoms with E-state index in [0.29, 0.717) is 12.2 Å². The van der Waals surface area contributed by atoms with Crippen LogP contribution in [0.2, 0.25) is 0 Å². The van der Waals surface area contributed by atoms with Gasteiger partial charge in [-0.25, -0.2) is 4.39 Å². The van der Waals surface area contributed by atoms with Gasteiger partial charge in [0.15, 0.2) is 0 Å². The molecule has 1 rings (SSSR count). The van der Waals surface area contributed by atoms with E-state index in [-0.39, 0.29) is 30.1 Å². The highest BCUT2D eigenvalue weighted by molar-refractivity contribution is 7.99. The molecular weight excluding hydrogens is 293 g/mol. The van der Waals surface area contributed by atoms with Crippen molar-refractivity contribution in [2.45, 2.75) is 37.6 Å². The third-order valence-electron chi connectivity index (χ3n) is 2.96. The Morgan fingerprint density at radius 2 is 1.90 bits per heavy atom. The fourth-order valence-electron chi connectivity index (χ4n) is 1.71. The Morgan fingerprint density at radius 1 is 1.29 bits per heavy atom. The number of carboxylic acid groups (broad SMARTS) is 1. The Balaban J connectivity index is 2.35. The maximum Gasteiger partial charge on any atom is 0.305 e. The van der Waals surface area contributed by atoms with Gasteiger partial charge < -0.3 is 10.4 Å². The number of hydrogen-bond acceptors (Lipinski definition) is 3. The van der Waals surface area contributed by atoms with Crippen molar-refractivity contribution < 1.29 is 19.1 Å². The van der Waals surface area contributed by atoms with Crippen LogP contribution in [0.4, 0.5) is 4.39 Å². The fourth-order valence-corrected chi connectivity index (χ4v) is 2.56. The van der Waals surface area contributed by atoms with E-state index in [0.717, 1.165) is 4.90 Å². The maximum absolute atomic E-state index is 12.7. The second kappa shape index (κ2) is 8.67. The highest BCUT2D eigenvalue weighted by Crippen LogP contribution is 2.19. The van der Waals surface area contributed by atoms with Gasteiger partial charge in [-0.3, -0.25) is 9.59 Å². The molecule has 0 saturated heterocycles. The second-order valence-corrected chi connectivity index (χ2v) is 6.24. The summed E-state index contributed by atoms with van der Waals surface area (Å²) in [5.74, 6) is -0.741. The molecule has 0 aliphatic heterocycles. The third kappa shape index (κ3) is 7.13. The molecule has 0 spiro atoms. The van der Waals surface area contributed by atoms with Gasteiger partial charge in [-0.15, -0.1) is 11.8 Å². The van der Waals surface area contributed by atoms with Crippen molar-refractivity contribution in [2.24, 2.45) is 5.92 Å². The molecule has 6 heteroatoms. The molecule has 0 aliphatic carbocycles. The van der Waals surface area contributed by atoms with Crippen LogP contribution < -0.4 is 5.32 Å². The molecule has 4 nitrogen and oxygen atoms in total. The minimum absolute atomic E-state index is 0.0646. The molecule has 1 aromatic carbocycles. The molecule has 1 atom stereocenters. The van der Waals surface area contributed by atoms with Crippen molar-refractivity contribution in [3.8, 4) is 0 Å². The molecule has 0 saturated carbocycles. The van der Waals surface area contributed by atoms with Crippen molar-refractivity contribution in [2.75, 3.05) is 5.75 Å². The van der Waals surface area contributed by atoms with Crippen LogP contribution in [0.25, 0.3) is 0 Å². The number of carbonyl (C=O) groups is 2. The van der Waals surface area contributed by atoms with Crippen molar-refractivity contribution in [3.05, 3.63) is 30.1 Å². The minimum Gasteiger partial charge on any atom is -0.481 e. The van der Waals surface area contributed by atoms with Crippen LogP contribution in [0.1, 0.15) is 26.7 Å². The summed E-state index contributed by atoms with van der Waals surface area (Å²) in [5, 5.41) is 11.6. The molecule has 0 bridgehead atoms. The lowest BCUT2D eigenvalue weighted by Crippen LogP contribution is -2.40. The zero-order chi connectivity index (χ0) is 15.8. The summed E-state index contributed by atoms with van der Waals surface area (Å²) < 4.78 is 12.7. The number of aliphatic carboxylic acids is 1. The van der Waals surface area contributed by atoms with Crippen LogP contribution >= 0.6 is 11.8 Å². The first-order valence-corrected chi connectivity index (χ1v) is 7.76. The van der Waals surface area contributed by atoms with Crippen LogP contribution in [0.15, 0.2) is 29.2 Å². The molecule has 21 heavy (non-hydrogen) atoms. The van der Waals surface area contributed by atoms with Crippen LogP contribution in [0.5, 0.6) is 0 Å². The standard InChI is InChI=1S/C15H20FNO3S/c1-10(2)13(9-15(19)20)17-14(18)7-8-21-12-5-3-11(16)4-6-12/h3-6,10,13H,7-9H2,1-2H3,(H,17,18)(H,19,20). The van der Waals surface area contributed by atoms with Crippen molar-refractivity contribution in [3.63, 3.8) is 0 Å². The summed E-state index contributed by atoms with van der Waals surface area (Å²) in [6, 6.07) is 5.73. The number of rotatable bonds is 8. The smallest absolute Gasteiger partial charge is 0.305 e. The third-order valence-corrected chi connectivity index (χ3v) is 3.97. The van der Waals surface area contributed by atoms with Gasteiger partial charge in [-0.2, -0.15) is 0 Å². The zero-order valence-electron chi connectivity index (χ0n) is 12.1. The quantitative estimate of drug-likeness (QED) is 0.724. The Morgan fingerprint density at radius 3 is 2.43 bits per heavy atom. The van der Waals surface area contributed by atoms with Crippen LogP contribution in [0.3, 0.4) is 0 Å². The Bertz CT molecular complexity index is 476. The van der Waals surface area contributed by atoms with E-state index in [1.165, 1.54) is 23.9 Å². The molecule has 116 valence electrons. The first-order chi connectivity index (χ1) is 9.88. The summed E-state index contributed by atoms with van der Waals surface area (Å²) in [6.45, 7) is 3.75. The van der Waals surface area contributed by atoms with E-state index in [1.807, 2.05) is 13.8 Å². The number of carbonyl (C=O) groups excluding carboxylic acids is 1. The molecule has 1 amide bonds. The average Bonchev–Trinajstić information content (AvgIpc) is 2.39. The van der Waals surface area contributed by atoms with Gasteiger partial charge in [-0.1, -0.05) is 13.8 Å². The van der Waals surface area contributed by atoms with Gasteiger partial charge >= 0.3 is 5.97 Å². The van der Waals surface area contributed by atoms with Gasteiger partial charge in [-0.05, 0) is 30.2 Å². The summed E-state index contributed by atoms with van der Waals surface area (Å²) in [6.07, 6.45) is 0.222. The first kappa shape index (κ1) is 17.5. The number of amides is 1. The number of hydrogen-bond donors (Lipinski definition) is 2. The van der Waals surface area contributed by atoms with Crippen LogP contribution in [-0.4, -0.2) is 28.8 Å². The van der Waals surface area contributed by atoms with Crippen molar-refractivity contribution >= 4 is 23.6 Å². The highest BCUT2D eigenvalue weighted by atomic mass is 32.2. The van der Waals surface area contributed by atoms with Gasteiger partial charge in [0.25, 0.3) is 0 Å². The molecule has 0 aromatic heterocycles. The molecule has 1 aromatic rings. The van der Waals surface area contributed by atoms with Gasteiger partial charge in [0.1, 0.15) is 5.82 Å². The summed E-state index contributed by atoms with van der Waals surface area (Å²) >= 11 is 1.46. The molecule has 1 unspecified atom stereocenters. The van der Waals surface area contributed by atoms with Crippen LogP contribution in [-0.2, 0) is 9.59 Å². The number of thioether (sulfide) groups is 1. The predicted molar refractivity (Wildman–Crippen MR) is 80.8 cm³/mol. The van der Waals surface area contributed by atoms with Gasteiger partial charge in [0.05, 0.1) is 6.42 Å². The van der Waals surface area contributed by atoms with E-state index >= 15 is 0 Å². The minimum atomic E-state index is -0.922. The summed E-state index contributed by atoms with van der Waals surface area (Å²) in [4.78, 5) is 23.4. The molecule has 0 radical (unpaired) electrons. The Kier molecular flexibility index (Phi) is 7.22. The lowest BCUT2D eigenvalue weighted by Gasteiger charge is -2.20. The number of halogens is 1. The van der Waals surface area contributed by atoms with Crippen LogP contribution in [0, 0.1) is 11.7 Å². The molecule has 0 heterocycles. The average molecular weight is 313 g/mol. The summed E-state index contributed by atoms with van der Waals surface area (Å²) in [7, 11) is 0. The number of carboxylic acids is 1. The van der Waals surface area contributed by atoms with Gasteiger partial charge in [0, 0.05) is 23.1 Å². The SMILES string of the molecule is CC(C)C(CC(=O)O)NC(=O)CCSc1ccc(F)cc1. The molecule has 0 aliphatic rings. The normalized spacial score (nSPS) is 12.2. The topological polar surface area (TPSA) is 66.4 Å². The Hall–Kier alpha value is -1.56.